The zero-order valence-corrected chi connectivity index (χ0v) is 16.4. The molecule has 0 saturated carbocycles. The van der Waals surface area contributed by atoms with E-state index in [2.05, 4.69) is 25.9 Å². The van der Waals surface area contributed by atoms with Gasteiger partial charge in [0, 0.05) is 22.7 Å². The molecule has 1 aliphatic heterocycles. The van der Waals surface area contributed by atoms with Crippen molar-refractivity contribution >= 4 is 39.1 Å². The molecule has 8 heteroatoms. The van der Waals surface area contributed by atoms with Gasteiger partial charge in [-0.1, -0.05) is 18.2 Å². The average molecular weight is 444 g/mol. The van der Waals surface area contributed by atoms with Gasteiger partial charge in [0.25, 0.3) is 5.91 Å². The standard InChI is InChI=1S/C19H14BrN3O3S/c20-13-6-3-7-21-14(13)8-15-11-4-1-2-5-12(11)18(24)23(15)10-17-22-9-16(27-17)19(25)26/h1-7,9,15H,8,10H2,(H,25,26). The summed E-state index contributed by atoms with van der Waals surface area (Å²) >= 11 is 4.61. The summed E-state index contributed by atoms with van der Waals surface area (Å²) in [7, 11) is 0. The van der Waals surface area contributed by atoms with E-state index >= 15 is 0 Å². The third-order valence-corrected chi connectivity index (χ3v) is 6.17. The third-order valence-electron chi connectivity index (χ3n) is 4.48. The summed E-state index contributed by atoms with van der Waals surface area (Å²) in [5.41, 5.74) is 2.49. The van der Waals surface area contributed by atoms with Crippen LogP contribution in [0.15, 0.2) is 53.3 Å². The van der Waals surface area contributed by atoms with Gasteiger partial charge in [0.05, 0.1) is 24.5 Å². The zero-order chi connectivity index (χ0) is 19.0. The lowest BCUT2D eigenvalue weighted by Gasteiger charge is -2.24. The molecule has 1 atom stereocenters. The number of aromatic carboxylic acids is 1. The van der Waals surface area contributed by atoms with E-state index in [-0.39, 0.29) is 23.4 Å². The number of carboxylic acid groups (broad SMARTS) is 1. The van der Waals surface area contributed by atoms with Gasteiger partial charge >= 0.3 is 5.97 Å². The number of fused-ring (bicyclic) bond motifs is 1. The van der Waals surface area contributed by atoms with E-state index < -0.39 is 5.97 Å². The molecule has 6 nitrogen and oxygen atoms in total. The first-order valence-corrected chi connectivity index (χ1v) is 9.83. The number of carboxylic acids is 1. The highest BCUT2D eigenvalue weighted by molar-refractivity contribution is 9.10. The third kappa shape index (κ3) is 3.38. The van der Waals surface area contributed by atoms with Crippen molar-refractivity contribution in [2.45, 2.75) is 19.0 Å². The molecule has 4 rings (SSSR count). The number of benzene rings is 1. The Morgan fingerprint density at radius 2 is 2.04 bits per heavy atom. The van der Waals surface area contributed by atoms with E-state index in [0.717, 1.165) is 27.1 Å². The topological polar surface area (TPSA) is 83.4 Å². The summed E-state index contributed by atoms with van der Waals surface area (Å²) in [5.74, 6) is -1.08. The van der Waals surface area contributed by atoms with Crippen molar-refractivity contribution in [1.82, 2.24) is 14.9 Å². The molecular formula is C19H14BrN3O3S. The molecule has 0 fully saturated rings. The predicted octanol–water partition coefficient (Wildman–Crippen LogP) is 3.94. The maximum atomic E-state index is 13.0. The van der Waals surface area contributed by atoms with Crippen LogP contribution in [0.2, 0.25) is 0 Å². The van der Waals surface area contributed by atoms with Gasteiger partial charge in [0.15, 0.2) is 0 Å². The van der Waals surface area contributed by atoms with E-state index in [1.165, 1.54) is 6.20 Å². The number of nitrogens with zero attached hydrogens (tertiary/aromatic N) is 3. The van der Waals surface area contributed by atoms with Crippen LogP contribution in [-0.2, 0) is 13.0 Å². The molecule has 0 spiro atoms. The van der Waals surface area contributed by atoms with Crippen molar-refractivity contribution in [1.29, 1.82) is 0 Å². The Labute approximate surface area is 167 Å². The highest BCUT2D eigenvalue weighted by Gasteiger charge is 2.37. The van der Waals surface area contributed by atoms with Gasteiger partial charge < -0.3 is 10.0 Å². The molecule has 1 N–H and O–H groups in total. The lowest BCUT2D eigenvalue weighted by atomic mass is 10.0. The van der Waals surface area contributed by atoms with Gasteiger partial charge in [-0.3, -0.25) is 9.78 Å². The molecule has 0 radical (unpaired) electrons. The minimum Gasteiger partial charge on any atom is -0.477 e. The summed E-state index contributed by atoms with van der Waals surface area (Å²) in [6.07, 6.45) is 3.62. The van der Waals surface area contributed by atoms with Crippen molar-refractivity contribution in [2.75, 3.05) is 0 Å². The Hall–Kier alpha value is -2.58. The highest BCUT2D eigenvalue weighted by atomic mass is 79.9. The molecule has 136 valence electrons. The largest absolute Gasteiger partial charge is 0.477 e. The average Bonchev–Trinajstić information content (AvgIpc) is 3.23. The fraction of sp³-hybridized carbons (Fsp3) is 0.158. The number of carbonyl (C=O) groups is 2. The summed E-state index contributed by atoms with van der Waals surface area (Å²) < 4.78 is 0.893. The van der Waals surface area contributed by atoms with Gasteiger partial charge in [-0.25, -0.2) is 9.78 Å². The lowest BCUT2D eigenvalue weighted by molar-refractivity contribution is 0.0696. The first-order valence-electron chi connectivity index (χ1n) is 8.22. The molecule has 1 aliphatic rings. The Morgan fingerprint density at radius 1 is 1.22 bits per heavy atom. The maximum Gasteiger partial charge on any atom is 0.347 e. The minimum atomic E-state index is -1.01. The van der Waals surface area contributed by atoms with E-state index in [0.29, 0.717) is 17.0 Å². The summed E-state index contributed by atoms with van der Waals surface area (Å²) in [6, 6.07) is 11.1. The van der Waals surface area contributed by atoms with Crippen molar-refractivity contribution < 1.29 is 14.7 Å². The second-order valence-electron chi connectivity index (χ2n) is 6.10. The van der Waals surface area contributed by atoms with E-state index in [1.54, 1.807) is 11.1 Å². The second kappa shape index (κ2) is 7.21. The highest BCUT2D eigenvalue weighted by Crippen LogP contribution is 2.38. The van der Waals surface area contributed by atoms with Crippen LogP contribution < -0.4 is 0 Å². The van der Waals surface area contributed by atoms with Crippen LogP contribution in [0.5, 0.6) is 0 Å². The normalized spacial score (nSPS) is 15.8. The molecule has 0 bridgehead atoms. The molecule has 1 unspecified atom stereocenters. The number of pyridine rings is 1. The number of hydrogen-bond donors (Lipinski definition) is 1. The summed E-state index contributed by atoms with van der Waals surface area (Å²) in [6.45, 7) is 0.264. The van der Waals surface area contributed by atoms with Gasteiger partial charge in [-0.2, -0.15) is 0 Å². The van der Waals surface area contributed by atoms with Gasteiger partial charge in [0.1, 0.15) is 9.88 Å². The van der Waals surface area contributed by atoms with Gasteiger partial charge in [-0.05, 0) is 39.7 Å². The SMILES string of the molecule is O=C(O)c1cnc(CN2C(=O)c3ccccc3C2Cc2ncccc2Br)s1. The Balaban J connectivity index is 1.68. The smallest absolute Gasteiger partial charge is 0.347 e. The monoisotopic (exact) mass is 443 g/mol. The number of thiazole rings is 1. The van der Waals surface area contributed by atoms with Crippen molar-refractivity contribution in [3.05, 3.63) is 80.0 Å². The first-order chi connectivity index (χ1) is 13.0. The molecule has 3 aromatic rings. The number of carbonyl (C=O) groups excluding carboxylic acids is 1. The number of rotatable bonds is 5. The Morgan fingerprint density at radius 3 is 2.78 bits per heavy atom. The number of amides is 1. The van der Waals surface area contributed by atoms with Crippen molar-refractivity contribution in [3.63, 3.8) is 0 Å². The molecule has 0 aliphatic carbocycles. The summed E-state index contributed by atoms with van der Waals surface area (Å²) in [4.78, 5) is 34.6. The zero-order valence-electron chi connectivity index (χ0n) is 14.0. The van der Waals surface area contributed by atoms with Crippen LogP contribution in [0.4, 0.5) is 0 Å². The van der Waals surface area contributed by atoms with E-state index in [1.807, 2.05) is 36.4 Å². The van der Waals surface area contributed by atoms with Crippen LogP contribution in [0.1, 0.15) is 42.3 Å². The van der Waals surface area contributed by atoms with E-state index in [9.17, 15) is 9.59 Å². The van der Waals surface area contributed by atoms with Crippen molar-refractivity contribution in [2.24, 2.45) is 0 Å². The predicted molar refractivity (Wildman–Crippen MR) is 104 cm³/mol. The van der Waals surface area contributed by atoms with Crippen LogP contribution in [0.25, 0.3) is 0 Å². The van der Waals surface area contributed by atoms with Gasteiger partial charge in [0.2, 0.25) is 0 Å². The van der Waals surface area contributed by atoms with Crippen LogP contribution in [0, 0.1) is 0 Å². The molecule has 27 heavy (non-hydrogen) atoms. The molecule has 3 heterocycles. The molecule has 2 aromatic heterocycles. The van der Waals surface area contributed by atoms with Crippen molar-refractivity contribution in [3.8, 4) is 0 Å². The van der Waals surface area contributed by atoms with Crippen LogP contribution in [0.3, 0.4) is 0 Å². The molecule has 1 aromatic carbocycles. The Kier molecular flexibility index (Phi) is 4.75. The molecule has 0 saturated heterocycles. The quantitative estimate of drug-likeness (QED) is 0.645. The number of aromatic nitrogens is 2. The summed E-state index contributed by atoms with van der Waals surface area (Å²) in [5, 5.41) is 9.70. The molecule has 1 amide bonds. The van der Waals surface area contributed by atoms with Crippen LogP contribution in [-0.4, -0.2) is 31.9 Å². The maximum absolute atomic E-state index is 13.0. The van der Waals surface area contributed by atoms with E-state index in [4.69, 9.17) is 5.11 Å². The molecular weight excluding hydrogens is 430 g/mol. The second-order valence-corrected chi connectivity index (χ2v) is 8.07. The fourth-order valence-corrected chi connectivity index (χ4v) is 4.40. The number of halogens is 1. The minimum absolute atomic E-state index is 0.0743. The van der Waals surface area contributed by atoms with Gasteiger partial charge in [-0.15, -0.1) is 11.3 Å². The van der Waals surface area contributed by atoms with Crippen LogP contribution >= 0.6 is 27.3 Å². The first kappa shape index (κ1) is 17.8. The Bertz CT molecular complexity index is 1040. The number of hydrogen-bond acceptors (Lipinski definition) is 5. The fourth-order valence-electron chi connectivity index (χ4n) is 3.23. The lowest BCUT2D eigenvalue weighted by Crippen LogP contribution is -2.29.